The summed E-state index contributed by atoms with van der Waals surface area (Å²) in [6.45, 7) is 9.06. The highest BCUT2D eigenvalue weighted by molar-refractivity contribution is 7.14. The molecule has 4 nitrogen and oxygen atoms in total. The zero-order valence-corrected chi connectivity index (χ0v) is 12.2. The maximum absolute atomic E-state index is 7.06. The Hall–Kier alpha value is -2.71. The van der Waals surface area contributed by atoms with Crippen LogP contribution < -0.4 is 5.32 Å². The summed E-state index contributed by atoms with van der Waals surface area (Å²) >= 11 is 1.52. The number of thiazole rings is 1. The average molecular weight is 292 g/mol. The molecule has 5 heteroatoms. The number of hydrogen-bond donors (Lipinski definition) is 1. The van der Waals surface area contributed by atoms with Crippen LogP contribution in [0, 0.1) is 13.5 Å². The Morgan fingerprint density at radius 2 is 2.14 bits per heavy atom. The van der Waals surface area contributed by atoms with Crippen molar-refractivity contribution in [3.05, 3.63) is 65.0 Å². The van der Waals surface area contributed by atoms with Crippen LogP contribution in [0.4, 0.5) is 16.6 Å². The van der Waals surface area contributed by atoms with E-state index in [9.17, 15) is 0 Å². The van der Waals surface area contributed by atoms with Gasteiger partial charge in [-0.3, -0.25) is 0 Å². The van der Waals surface area contributed by atoms with E-state index in [1.165, 1.54) is 11.3 Å². The summed E-state index contributed by atoms with van der Waals surface area (Å²) < 4.78 is 0. The Kier molecular flexibility index (Phi) is 3.63. The van der Waals surface area contributed by atoms with Crippen LogP contribution in [0.3, 0.4) is 0 Å². The van der Waals surface area contributed by atoms with E-state index in [-0.39, 0.29) is 0 Å². The van der Waals surface area contributed by atoms with Gasteiger partial charge in [-0.05, 0) is 30.2 Å². The van der Waals surface area contributed by atoms with Crippen molar-refractivity contribution in [2.75, 3.05) is 5.32 Å². The highest BCUT2D eigenvalue weighted by Gasteiger charge is 2.06. The maximum atomic E-state index is 7.06. The Bertz CT molecular complexity index is 800. The van der Waals surface area contributed by atoms with E-state index in [1.54, 1.807) is 6.07 Å². The topological polar surface area (TPSA) is 42.2 Å². The lowest BCUT2D eigenvalue weighted by atomic mass is 10.1. The van der Waals surface area contributed by atoms with Gasteiger partial charge in [-0.2, -0.15) is 0 Å². The second kappa shape index (κ2) is 5.73. The van der Waals surface area contributed by atoms with E-state index in [1.807, 2.05) is 48.8 Å². The zero-order chi connectivity index (χ0) is 14.7. The Balaban J connectivity index is 1.83. The third kappa shape index (κ3) is 3.07. The molecule has 0 aliphatic rings. The minimum absolute atomic E-state index is 0.621. The van der Waals surface area contributed by atoms with Crippen molar-refractivity contribution in [2.45, 2.75) is 6.92 Å². The number of benzene rings is 1. The van der Waals surface area contributed by atoms with E-state index in [2.05, 4.69) is 20.1 Å². The predicted octanol–water partition coefficient (Wildman–Crippen LogP) is 4.81. The lowest BCUT2D eigenvalue weighted by molar-refractivity contribution is 1.25. The molecule has 2 heterocycles. The molecule has 3 aromatic rings. The molecule has 0 aliphatic carbocycles. The van der Waals surface area contributed by atoms with Crippen LogP contribution >= 0.6 is 11.3 Å². The normalized spacial score (nSPS) is 10.1. The standard InChI is InChI=1S/C16H12N4S/c1-11-6-7-15(18-9-11)20-16-19-14(10-21-16)12-4-3-5-13(8-12)17-2/h3-10H,1H3,(H,18,19,20). The highest BCUT2D eigenvalue weighted by atomic mass is 32.1. The summed E-state index contributed by atoms with van der Waals surface area (Å²) in [6.07, 6.45) is 1.82. The van der Waals surface area contributed by atoms with Gasteiger partial charge in [0.15, 0.2) is 10.8 Å². The van der Waals surface area contributed by atoms with Crippen molar-refractivity contribution in [3.63, 3.8) is 0 Å². The molecule has 1 aromatic carbocycles. The first-order valence-electron chi connectivity index (χ1n) is 6.38. The molecule has 0 aliphatic heterocycles. The van der Waals surface area contributed by atoms with Crippen molar-refractivity contribution in [2.24, 2.45) is 0 Å². The van der Waals surface area contributed by atoms with E-state index in [4.69, 9.17) is 6.57 Å². The molecule has 0 atom stereocenters. The van der Waals surface area contributed by atoms with Gasteiger partial charge in [0.2, 0.25) is 0 Å². The molecule has 0 spiro atoms. The van der Waals surface area contributed by atoms with Crippen LogP contribution in [-0.4, -0.2) is 9.97 Å². The minimum atomic E-state index is 0.621. The van der Waals surface area contributed by atoms with Gasteiger partial charge in [0.05, 0.1) is 12.3 Å². The molecule has 1 N–H and O–H groups in total. The quantitative estimate of drug-likeness (QED) is 0.704. The molecule has 21 heavy (non-hydrogen) atoms. The predicted molar refractivity (Wildman–Crippen MR) is 86.1 cm³/mol. The van der Waals surface area contributed by atoms with Crippen LogP contribution in [-0.2, 0) is 0 Å². The van der Waals surface area contributed by atoms with Gasteiger partial charge in [-0.25, -0.2) is 14.8 Å². The number of hydrogen-bond acceptors (Lipinski definition) is 4. The number of pyridine rings is 1. The number of nitrogens with one attached hydrogen (secondary N) is 1. The van der Waals surface area contributed by atoms with Gasteiger partial charge in [0.25, 0.3) is 0 Å². The van der Waals surface area contributed by atoms with Gasteiger partial charge in [0.1, 0.15) is 5.82 Å². The Labute approximate surface area is 127 Å². The van der Waals surface area contributed by atoms with E-state index < -0.39 is 0 Å². The van der Waals surface area contributed by atoms with E-state index >= 15 is 0 Å². The van der Waals surface area contributed by atoms with Crippen LogP contribution in [0.15, 0.2) is 48.0 Å². The number of nitrogens with zero attached hydrogens (tertiary/aromatic N) is 3. The molecule has 0 unspecified atom stereocenters. The SMILES string of the molecule is [C-]#[N+]c1cccc(-c2csc(Nc3ccc(C)cn3)n2)c1. The summed E-state index contributed by atoms with van der Waals surface area (Å²) in [5, 5.41) is 5.94. The fourth-order valence-electron chi connectivity index (χ4n) is 1.85. The second-order valence-electron chi connectivity index (χ2n) is 4.55. The molecule has 0 saturated carbocycles. The lowest BCUT2D eigenvalue weighted by Gasteiger charge is -2.01. The molecule has 3 rings (SSSR count). The summed E-state index contributed by atoms with van der Waals surface area (Å²) in [6, 6.07) is 11.4. The van der Waals surface area contributed by atoms with Gasteiger partial charge < -0.3 is 5.32 Å². The maximum Gasteiger partial charge on any atom is 0.188 e. The van der Waals surface area contributed by atoms with Crippen molar-refractivity contribution < 1.29 is 0 Å². The van der Waals surface area contributed by atoms with Gasteiger partial charge >= 0.3 is 0 Å². The van der Waals surface area contributed by atoms with Gasteiger partial charge in [-0.1, -0.05) is 24.3 Å². The van der Waals surface area contributed by atoms with Crippen molar-refractivity contribution in [3.8, 4) is 11.3 Å². The number of aryl methyl sites for hydroxylation is 1. The Morgan fingerprint density at radius 3 is 2.90 bits per heavy atom. The van der Waals surface area contributed by atoms with E-state index in [0.717, 1.165) is 27.8 Å². The molecule has 102 valence electrons. The van der Waals surface area contributed by atoms with Crippen LogP contribution in [0.5, 0.6) is 0 Å². The monoisotopic (exact) mass is 292 g/mol. The molecule has 0 amide bonds. The summed E-state index contributed by atoms with van der Waals surface area (Å²) in [4.78, 5) is 12.3. The summed E-state index contributed by atoms with van der Waals surface area (Å²) in [5.41, 5.74) is 3.55. The number of rotatable bonds is 3. The fraction of sp³-hybridized carbons (Fsp3) is 0.0625. The molecular weight excluding hydrogens is 280 g/mol. The van der Waals surface area contributed by atoms with Crippen LogP contribution in [0.25, 0.3) is 16.1 Å². The van der Waals surface area contributed by atoms with Crippen LogP contribution in [0.2, 0.25) is 0 Å². The largest absolute Gasteiger partial charge is 0.316 e. The smallest absolute Gasteiger partial charge is 0.188 e. The Morgan fingerprint density at radius 1 is 1.24 bits per heavy atom. The van der Waals surface area contributed by atoms with E-state index in [0.29, 0.717) is 5.69 Å². The third-order valence-corrected chi connectivity index (χ3v) is 3.68. The number of anilines is 2. The van der Waals surface area contributed by atoms with Crippen molar-refractivity contribution >= 4 is 28.0 Å². The first-order chi connectivity index (χ1) is 10.2. The third-order valence-electron chi connectivity index (χ3n) is 2.92. The highest BCUT2D eigenvalue weighted by Crippen LogP contribution is 2.28. The number of aromatic nitrogens is 2. The minimum Gasteiger partial charge on any atom is -0.316 e. The van der Waals surface area contributed by atoms with Crippen molar-refractivity contribution in [1.29, 1.82) is 0 Å². The first kappa shape index (κ1) is 13.3. The molecule has 0 bridgehead atoms. The summed E-state index contributed by atoms with van der Waals surface area (Å²) in [5.74, 6) is 0.774. The molecular formula is C16H12N4S. The molecule has 0 radical (unpaired) electrons. The molecule has 0 fully saturated rings. The molecule has 2 aromatic heterocycles. The summed E-state index contributed by atoms with van der Waals surface area (Å²) in [7, 11) is 0. The van der Waals surface area contributed by atoms with Crippen LogP contribution in [0.1, 0.15) is 5.56 Å². The fourth-order valence-corrected chi connectivity index (χ4v) is 2.58. The van der Waals surface area contributed by atoms with Gasteiger partial charge in [-0.15, -0.1) is 11.3 Å². The van der Waals surface area contributed by atoms with Crippen molar-refractivity contribution in [1.82, 2.24) is 9.97 Å². The zero-order valence-electron chi connectivity index (χ0n) is 11.4. The lowest BCUT2D eigenvalue weighted by Crippen LogP contribution is -1.92. The van der Waals surface area contributed by atoms with Gasteiger partial charge in [0, 0.05) is 11.6 Å². The molecule has 0 saturated heterocycles. The average Bonchev–Trinajstić information content (AvgIpc) is 2.98. The second-order valence-corrected chi connectivity index (χ2v) is 5.40. The first-order valence-corrected chi connectivity index (χ1v) is 7.26.